The first-order valence-corrected chi connectivity index (χ1v) is 10.4. The van der Waals surface area contributed by atoms with E-state index in [4.69, 9.17) is 0 Å². The van der Waals surface area contributed by atoms with E-state index in [2.05, 4.69) is 0 Å². The van der Waals surface area contributed by atoms with Crippen LogP contribution in [0.5, 0.6) is 0 Å². The summed E-state index contributed by atoms with van der Waals surface area (Å²) in [6.07, 6.45) is 1.91. The number of carbonyl (C=O) groups excluding carboxylic acids is 1. The molecule has 6 nitrogen and oxygen atoms in total. The molecule has 2 aromatic carbocycles. The van der Waals surface area contributed by atoms with Gasteiger partial charge < -0.3 is 9.47 Å². The van der Waals surface area contributed by atoms with Gasteiger partial charge in [0.1, 0.15) is 5.82 Å². The average molecular weight is 401 g/mol. The van der Waals surface area contributed by atoms with Gasteiger partial charge in [-0.05, 0) is 42.5 Å². The van der Waals surface area contributed by atoms with Gasteiger partial charge in [0.2, 0.25) is 10.0 Å². The van der Waals surface area contributed by atoms with Crippen LogP contribution in [-0.4, -0.2) is 54.3 Å². The summed E-state index contributed by atoms with van der Waals surface area (Å²) in [6, 6.07) is 12.3. The maximum Gasteiger partial charge on any atom is 0.254 e. The largest absolute Gasteiger partial charge is 0.351 e. The van der Waals surface area contributed by atoms with Crippen molar-refractivity contribution in [2.75, 3.05) is 26.2 Å². The highest BCUT2D eigenvalue weighted by Crippen LogP contribution is 2.23. The summed E-state index contributed by atoms with van der Waals surface area (Å²) in [6.45, 7) is 1.03. The summed E-state index contributed by atoms with van der Waals surface area (Å²) in [4.78, 5) is 14.7. The number of sulfonamides is 1. The zero-order chi connectivity index (χ0) is 19.9. The Morgan fingerprint density at radius 3 is 2.32 bits per heavy atom. The minimum atomic E-state index is -3.70. The number of benzene rings is 2. The molecule has 2 heterocycles. The topological polar surface area (TPSA) is 62.6 Å². The van der Waals surface area contributed by atoms with E-state index < -0.39 is 15.8 Å². The quantitative estimate of drug-likeness (QED) is 0.677. The van der Waals surface area contributed by atoms with Crippen molar-refractivity contribution in [3.8, 4) is 0 Å². The minimum absolute atomic E-state index is 0.0581. The van der Waals surface area contributed by atoms with Crippen molar-refractivity contribution in [2.45, 2.75) is 4.90 Å². The van der Waals surface area contributed by atoms with Crippen LogP contribution in [0.1, 0.15) is 10.4 Å². The van der Waals surface area contributed by atoms with E-state index in [9.17, 15) is 17.6 Å². The maximum absolute atomic E-state index is 13.1. The lowest BCUT2D eigenvalue weighted by atomic mass is 10.1. The van der Waals surface area contributed by atoms with Crippen LogP contribution in [0.2, 0.25) is 0 Å². The molecule has 0 N–H and O–H groups in total. The Labute approximate surface area is 162 Å². The van der Waals surface area contributed by atoms with E-state index in [0.29, 0.717) is 18.7 Å². The van der Waals surface area contributed by atoms with Crippen LogP contribution in [0.3, 0.4) is 0 Å². The van der Waals surface area contributed by atoms with Crippen LogP contribution in [0.25, 0.3) is 10.9 Å². The van der Waals surface area contributed by atoms with Gasteiger partial charge in [-0.15, -0.1) is 0 Å². The average Bonchev–Trinajstić information content (AvgIpc) is 3.09. The van der Waals surface area contributed by atoms with Gasteiger partial charge in [-0.3, -0.25) is 4.79 Å². The number of aromatic nitrogens is 1. The number of rotatable bonds is 3. The number of amides is 1. The second kappa shape index (κ2) is 7.03. The van der Waals surface area contributed by atoms with Gasteiger partial charge in [-0.25, -0.2) is 12.8 Å². The molecule has 0 radical (unpaired) electrons. The number of hydrogen-bond acceptors (Lipinski definition) is 3. The second-order valence-electron chi connectivity index (χ2n) is 6.82. The molecule has 0 aliphatic carbocycles. The van der Waals surface area contributed by atoms with Gasteiger partial charge in [0.15, 0.2) is 0 Å². The van der Waals surface area contributed by atoms with Crippen LogP contribution in [0.15, 0.2) is 59.6 Å². The molecule has 4 rings (SSSR count). The van der Waals surface area contributed by atoms with E-state index in [1.165, 1.54) is 16.4 Å². The van der Waals surface area contributed by atoms with Crippen LogP contribution in [0, 0.1) is 5.82 Å². The first kappa shape index (κ1) is 18.6. The number of hydrogen-bond donors (Lipinski definition) is 0. The predicted octanol–water partition coefficient (Wildman–Crippen LogP) is 2.46. The second-order valence-corrected chi connectivity index (χ2v) is 8.75. The molecule has 146 valence electrons. The zero-order valence-electron chi connectivity index (χ0n) is 15.4. The van der Waals surface area contributed by atoms with Gasteiger partial charge in [-0.2, -0.15) is 4.31 Å². The van der Waals surface area contributed by atoms with Crippen LogP contribution in [0.4, 0.5) is 4.39 Å². The molecule has 3 aromatic rings. The van der Waals surface area contributed by atoms with Gasteiger partial charge >= 0.3 is 0 Å². The highest BCUT2D eigenvalue weighted by atomic mass is 32.2. The van der Waals surface area contributed by atoms with Gasteiger partial charge in [0, 0.05) is 55.9 Å². The monoisotopic (exact) mass is 401 g/mol. The third kappa shape index (κ3) is 3.18. The van der Waals surface area contributed by atoms with Crippen molar-refractivity contribution in [1.82, 2.24) is 13.8 Å². The fourth-order valence-corrected chi connectivity index (χ4v) is 4.97. The molecule has 8 heteroatoms. The van der Waals surface area contributed by atoms with Crippen LogP contribution < -0.4 is 0 Å². The fourth-order valence-electron chi connectivity index (χ4n) is 3.55. The standard InChI is InChI=1S/C20H20FN3O3S/c1-22-10-9-17-18(3-2-4-19(17)22)20(25)23-11-13-24(14-12-23)28(26,27)16-7-5-15(21)6-8-16/h2-10H,11-14H2,1H3. The third-order valence-corrected chi connectivity index (χ3v) is 7.05. The van der Waals surface area contributed by atoms with Crippen LogP contribution >= 0.6 is 0 Å². The number of piperazine rings is 1. The Morgan fingerprint density at radius 2 is 1.64 bits per heavy atom. The molecule has 0 saturated carbocycles. The molecule has 0 atom stereocenters. The van der Waals surface area contributed by atoms with Gasteiger partial charge in [-0.1, -0.05) is 6.07 Å². The van der Waals surface area contributed by atoms with Crippen molar-refractivity contribution in [1.29, 1.82) is 0 Å². The molecular formula is C20H20FN3O3S. The molecule has 1 aromatic heterocycles. The minimum Gasteiger partial charge on any atom is -0.351 e. The summed E-state index contributed by atoms with van der Waals surface area (Å²) >= 11 is 0. The Bertz CT molecular complexity index is 1130. The van der Waals surface area contributed by atoms with Crippen LogP contribution in [-0.2, 0) is 17.1 Å². The summed E-state index contributed by atoms with van der Waals surface area (Å²) in [5, 5.41) is 0.886. The van der Waals surface area contributed by atoms with Crippen molar-refractivity contribution >= 4 is 26.8 Å². The molecule has 1 saturated heterocycles. The van der Waals surface area contributed by atoms with E-state index in [0.717, 1.165) is 23.0 Å². The molecule has 0 bridgehead atoms. The smallest absolute Gasteiger partial charge is 0.254 e. The Hall–Kier alpha value is -2.71. The number of halogens is 1. The SMILES string of the molecule is Cn1ccc2c(C(=O)N3CCN(S(=O)(=O)c4ccc(F)cc4)CC3)cccc21. The zero-order valence-corrected chi connectivity index (χ0v) is 16.2. The molecule has 28 heavy (non-hydrogen) atoms. The lowest BCUT2D eigenvalue weighted by Gasteiger charge is -2.34. The van der Waals surface area contributed by atoms with E-state index in [1.807, 2.05) is 36.0 Å². The Kier molecular flexibility index (Phi) is 4.68. The first-order chi connectivity index (χ1) is 13.4. The van der Waals surface area contributed by atoms with E-state index in [-0.39, 0.29) is 23.9 Å². The highest BCUT2D eigenvalue weighted by molar-refractivity contribution is 7.89. The summed E-state index contributed by atoms with van der Waals surface area (Å²) < 4.78 is 41.8. The number of aryl methyl sites for hydroxylation is 1. The molecule has 1 aliphatic rings. The van der Waals surface area contributed by atoms with E-state index >= 15 is 0 Å². The molecule has 1 amide bonds. The van der Waals surface area contributed by atoms with Crippen molar-refractivity contribution in [2.24, 2.45) is 7.05 Å². The first-order valence-electron chi connectivity index (χ1n) is 8.97. The highest BCUT2D eigenvalue weighted by Gasteiger charge is 2.30. The number of carbonyl (C=O) groups is 1. The van der Waals surface area contributed by atoms with Gasteiger partial charge in [0.25, 0.3) is 5.91 Å². The molecule has 1 fully saturated rings. The number of nitrogens with zero attached hydrogens (tertiary/aromatic N) is 3. The number of fused-ring (bicyclic) bond motifs is 1. The Balaban J connectivity index is 1.50. The lowest BCUT2D eigenvalue weighted by molar-refractivity contribution is 0.0700. The molecule has 1 aliphatic heterocycles. The summed E-state index contributed by atoms with van der Waals surface area (Å²) in [7, 11) is -1.77. The predicted molar refractivity (Wildman–Crippen MR) is 104 cm³/mol. The maximum atomic E-state index is 13.1. The summed E-state index contributed by atoms with van der Waals surface area (Å²) in [5.74, 6) is -0.583. The lowest BCUT2D eigenvalue weighted by Crippen LogP contribution is -2.50. The van der Waals surface area contributed by atoms with Gasteiger partial charge in [0.05, 0.1) is 4.90 Å². The fraction of sp³-hybridized carbons (Fsp3) is 0.250. The third-order valence-electron chi connectivity index (χ3n) is 5.14. The van der Waals surface area contributed by atoms with E-state index in [1.54, 1.807) is 11.0 Å². The molecular weight excluding hydrogens is 381 g/mol. The summed E-state index contributed by atoms with van der Waals surface area (Å²) in [5.41, 5.74) is 1.59. The normalized spacial score (nSPS) is 15.9. The molecule has 0 spiro atoms. The van der Waals surface area contributed by atoms with Crippen molar-refractivity contribution in [3.63, 3.8) is 0 Å². The Morgan fingerprint density at radius 1 is 0.964 bits per heavy atom. The van der Waals surface area contributed by atoms with Crippen molar-refractivity contribution in [3.05, 3.63) is 66.1 Å². The molecule has 0 unspecified atom stereocenters. The van der Waals surface area contributed by atoms with Crippen molar-refractivity contribution < 1.29 is 17.6 Å².